The Morgan fingerprint density at radius 1 is 0.944 bits per heavy atom. The van der Waals surface area contributed by atoms with Gasteiger partial charge in [0.2, 0.25) is 0 Å². The highest BCUT2D eigenvalue weighted by molar-refractivity contribution is 5.74. The molecular formula is C14H24N2O2. The van der Waals surface area contributed by atoms with E-state index < -0.39 is 10.9 Å². The van der Waals surface area contributed by atoms with Gasteiger partial charge in [-0.2, -0.15) is 0 Å². The molecule has 0 amide bonds. The standard InChI is InChI=1S/C14H24N2O2/c1-7-14(5,6)16-10-9(11(17)12(10)18)15-8-13(2,3)4/h15-16H,7-8H2,1-6H3. The van der Waals surface area contributed by atoms with Gasteiger partial charge in [0, 0.05) is 12.1 Å². The minimum atomic E-state index is -0.409. The van der Waals surface area contributed by atoms with Crippen LogP contribution in [0.4, 0.5) is 11.4 Å². The van der Waals surface area contributed by atoms with Crippen molar-refractivity contribution in [3.8, 4) is 0 Å². The van der Waals surface area contributed by atoms with Crippen LogP contribution in [0.15, 0.2) is 9.59 Å². The molecule has 0 spiro atoms. The molecule has 1 rings (SSSR count). The second-order valence-corrected chi connectivity index (χ2v) is 6.68. The van der Waals surface area contributed by atoms with E-state index in [-0.39, 0.29) is 11.0 Å². The molecule has 0 saturated carbocycles. The summed E-state index contributed by atoms with van der Waals surface area (Å²) in [6.45, 7) is 13.0. The van der Waals surface area contributed by atoms with E-state index in [2.05, 4.69) is 31.4 Å². The van der Waals surface area contributed by atoms with Crippen molar-refractivity contribution < 1.29 is 0 Å². The maximum atomic E-state index is 11.6. The second-order valence-electron chi connectivity index (χ2n) is 6.68. The first-order valence-electron chi connectivity index (χ1n) is 6.43. The van der Waals surface area contributed by atoms with E-state index in [4.69, 9.17) is 0 Å². The molecule has 0 unspecified atom stereocenters. The lowest BCUT2D eigenvalue weighted by atomic mass is 9.96. The molecule has 0 heterocycles. The molecule has 0 bridgehead atoms. The Kier molecular flexibility index (Phi) is 3.89. The molecule has 1 aromatic carbocycles. The van der Waals surface area contributed by atoms with Crippen LogP contribution in [0.5, 0.6) is 0 Å². The lowest BCUT2D eigenvalue weighted by molar-refractivity contribution is 0.442. The Balaban J connectivity index is 2.86. The third-order valence-corrected chi connectivity index (χ3v) is 3.05. The van der Waals surface area contributed by atoms with Gasteiger partial charge in [-0.1, -0.05) is 27.7 Å². The van der Waals surface area contributed by atoms with Crippen molar-refractivity contribution in [3.05, 3.63) is 20.4 Å². The summed E-state index contributed by atoms with van der Waals surface area (Å²) in [5, 5.41) is 6.24. The monoisotopic (exact) mass is 252 g/mol. The van der Waals surface area contributed by atoms with Crippen LogP contribution in [0.3, 0.4) is 0 Å². The van der Waals surface area contributed by atoms with Gasteiger partial charge in [0.1, 0.15) is 11.4 Å². The normalized spacial score (nSPS) is 12.8. The first-order valence-corrected chi connectivity index (χ1v) is 6.43. The molecule has 1 aromatic rings. The predicted molar refractivity (Wildman–Crippen MR) is 77.3 cm³/mol. The summed E-state index contributed by atoms with van der Waals surface area (Å²) < 4.78 is 0. The Hall–Kier alpha value is -1.32. The molecular weight excluding hydrogens is 228 g/mol. The minimum Gasteiger partial charge on any atom is -0.379 e. The lowest BCUT2D eigenvalue weighted by Gasteiger charge is -2.29. The molecule has 0 atom stereocenters. The summed E-state index contributed by atoms with van der Waals surface area (Å²) in [5.41, 5.74) is -0.0494. The van der Waals surface area contributed by atoms with Gasteiger partial charge in [0.15, 0.2) is 0 Å². The third kappa shape index (κ3) is 3.34. The van der Waals surface area contributed by atoms with E-state index in [1.165, 1.54) is 0 Å². The van der Waals surface area contributed by atoms with Gasteiger partial charge in [-0.15, -0.1) is 0 Å². The quantitative estimate of drug-likeness (QED) is 0.790. The summed E-state index contributed by atoms with van der Waals surface area (Å²) in [6.07, 6.45) is 0.879. The number of rotatable bonds is 5. The van der Waals surface area contributed by atoms with Crippen molar-refractivity contribution in [1.82, 2.24) is 0 Å². The summed E-state index contributed by atoms with van der Waals surface area (Å²) >= 11 is 0. The van der Waals surface area contributed by atoms with Crippen molar-refractivity contribution in [2.45, 2.75) is 53.5 Å². The summed E-state index contributed by atoms with van der Waals surface area (Å²) in [6, 6.07) is 0. The van der Waals surface area contributed by atoms with Crippen LogP contribution in [0.25, 0.3) is 0 Å². The van der Waals surface area contributed by atoms with Crippen LogP contribution in [0.2, 0.25) is 0 Å². The summed E-state index contributed by atoms with van der Waals surface area (Å²) in [4.78, 5) is 23.1. The second kappa shape index (κ2) is 4.75. The fourth-order valence-electron chi connectivity index (χ4n) is 1.46. The highest BCUT2D eigenvalue weighted by Crippen LogP contribution is 2.23. The Morgan fingerprint density at radius 2 is 1.44 bits per heavy atom. The molecule has 2 N–H and O–H groups in total. The summed E-state index contributed by atoms with van der Waals surface area (Å²) in [7, 11) is 0. The third-order valence-electron chi connectivity index (χ3n) is 3.05. The molecule has 18 heavy (non-hydrogen) atoms. The van der Waals surface area contributed by atoms with Gasteiger partial charge in [0.05, 0.1) is 0 Å². The van der Waals surface area contributed by atoms with E-state index in [9.17, 15) is 9.59 Å². The zero-order valence-corrected chi connectivity index (χ0v) is 12.2. The van der Waals surface area contributed by atoms with E-state index in [1.807, 2.05) is 20.8 Å². The Morgan fingerprint density at radius 3 is 1.89 bits per heavy atom. The summed E-state index contributed by atoms with van der Waals surface area (Å²) in [5.74, 6) is 0. The molecule has 0 fully saturated rings. The number of hydrogen-bond acceptors (Lipinski definition) is 4. The Bertz CT molecular complexity index is 488. The van der Waals surface area contributed by atoms with Crippen molar-refractivity contribution >= 4 is 11.4 Å². The van der Waals surface area contributed by atoms with E-state index in [1.54, 1.807) is 0 Å². The SMILES string of the molecule is CCC(C)(C)Nc1c(NCC(C)(C)C)c(=O)c1=O. The molecule has 102 valence electrons. The van der Waals surface area contributed by atoms with Crippen molar-refractivity contribution in [1.29, 1.82) is 0 Å². The van der Waals surface area contributed by atoms with Crippen molar-refractivity contribution in [2.75, 3.05) is 17.2 Å². The van der Waals surface area contributed by atoms with Crippen LogP contribution in [0, 0.1) is 5.41 Å². The van der Waals surface area contributed by atoms with Gasteiger partial charge >= 0.3 is 0 Å². The zero-order chi connectivity index (χ0) is 14.1. The molecule has 0 aliphatic carbocycles. The van der Waals surface area contributed by atoms with E-state index >= 15 is 0 Å². The Labute approximate surface area is 108 Å². The topological polar surface area (TPSA) is 58.2 Å². The molecule has 0 saturated heterocycles. The average molecular weight is 252 g/mol. The fourth-order valence-corrected chi connectivity index (χ4v) is 1.46. The predicted octanol–water partition coefficient (Wildman–Crippen LogP) is 2.34. The lowest BCUT2D eigenvalue weighted by Crippen LogP contribution is -2.43. The van der Waals surface area contributed by atoms with Gasteiger partial charge in [-0.25, -0.2) is 0 Å². The molecule has 4 nitrogen and oxygen atoms in total. The van der Waals surface area contributed by atoms with Gasteiger partial charge in [-0.3, -0.25) is 9.59 Å². The molecule has 4 heteroatoms. The number of anilines is 2. The molecule has 0 aliphatic rings. The van der Waals surface area contributed by atoms with Gasteiger partial charge < -0.3 is 10.6 Å². The van der Waals surface area contributed by atoms with Gasteiger partial charge in [-0.05, 0) is 25.7 Å². The van der Waals surface area contributed by atoms with Crippen LogP contribution in [0.1, 0.15) is 48.0 Å². The first kappa shape index (κ1) is 14.7. The van der Waals surface area contributed by atoms with Crippen molar-refractivity contribution in [3.63, 3.8) is 0 Å². The van der Waals surface area contributed by atoms with Crippen LogP contribution in [-0.4, -0.2) is 12.1 Å². The fraction of sp³-hybridized carbons (Fsp3) is 0.714. The van der Waals surface area contributed by atoms with Crippen LogP contribution < -0.4 is 21.5 Å². The zero-order valence-electron chi connectivity index (χ0n) is 12.2. The smallest absolute Gasteiger partial charge is 0.253 e. The van der Waals surface area contributed by atoms with E-state index in [0.29, 0.717) is 17.9 Å². The highest BCUT2D eigenvalue weighted by atomic mass is 16.2. The molecule has 0 aliphatic heterocycles. The molecule has 0 aromatic heterocycles. The van der Waals surface area contributed by atoms with Crippen LogP contribution >= 0.6 is 0 Å². The van der Waals surface area contributed by atoms with E-state index in [0.717, 1.165) is 6.42 Å². The number of hydrogen-bond donors (Lipinski definition) is 2. The average Bonchev–Trinajstić information content (AvgIpc) is 2.25. The number of nitrogens with one attached hydrogen (secondary N) is 2. The maximum absolute atomic E-state index is 11.6. The van der Waals surface area contributed by atoms with Crippen LogP contribution in [-0.2, 0) is 0 Å². The first-order chi connectivity index (χ1) is 8.07. The van der Waals surface area contributed by atoms with Crippen molar-refractivity contribution in [2.24, 2.45) is 5.41 Å². The highest BCUT2D eigenvalue weighted by Gasteiger charge is 2.26. The largest absolute Gasteiger partial charge is 0.379 e. The van der Waals surface area contributed by atoms with Gasteiger partial charge in [0.25, 0.3) is 10.9 Å². The minimum absolute atomic E-state index is 0.0668. The maximum Gasteiger partial charge on any atom is 0.253 e. The molecule has 0 radical (unpaired) electrons.